The van der Waals surface area contributed by atoms with E-state index >= 15 is 0 Å². The van der Waals surface area contributed by atoms with Gasteiger partial charge in [0, 0.05) is 13.0 Å². The summed E-state index contributed by atoms with van der Waals surface area (Å²) in [5.74, 6) is 0. The molecule has 0 atom stereocenters. The molecule has 0 unspecified atom stereocenters. The first-order valence-electron chi connectivity index (χ1n) is 4.08. The Labute approximate surface area is 70.8 Å². The maximum atomic E-state index is 9.96. The first kappa shape index (κ1) is 8.83. The molecular weight excluding hydrogens is 156 g/mol. The van der Waals surface area contributed by atoms with Crippen LogP contribution in [0.15, 0.2) is 6.33 Å². The molecule has 1 aromatic rings. The molecule has 1 aromatic heterocycles. The number of aryl methyl sites for hydroxylation is 1. The third-order valence-electron chi connectivity index (χ3n) is 1.60. The number of unbranched alkanes of at least 4 members (excludes halogenated alkanes) is 3. The van der Waals surface area contributed by atoms with Crippen molar-refractivity contribution >= 4 is 6.29 Å². The molecular formula is C7H12N4O. The number of tetrazole rings is 1. The monoisotopic (exact) mass is 168 g/mol. The highest BCUT2D eigenvalue weighted by Gasteiger charge is 1.92. The quantitative estimate of drug-likeness (QED) is 0.456. The van der Waals surface area contributed by atoms with Crippen LogP contribution >= 0.6 is 0 Å². The number of aldehydes is 1. The summed E-state index contributed by atoms with van der Waals surface area (Å²) in [6, 6.07) is 0. The minimum atomic E-state index is 0.662. The average molecular weight is 168 g/mol. The van der Waals surface area contributed by atoms with Gasteiger partial charge in [-0.25, -0.2) is 4.68 Å². The normalized spacial score (nSPS) is 10.0. The SMILES string of the molecule is O=CCCCCCn1cnnn1. The Hall–Kier alpha value is -1.26. The summed E-state index contributed by atoms with van der Waals surface area (Å²) in [5, 5.41) is 10.7. The molecule has 0 aromatic carbocycles. The Morgan fingerprint density at radius 1 is 1.33 bits per heavy atom. The minimum Gasteiger partial charge on any atom is -0.303 e. The Morgan fingerprint density at radius 3 is 2.92 bits per heavy atom. The van der Waals surface area contributed by atoms with E-state index in [0.29, 0.717) is 6.42 Å². The molecule has 0 fully saturated rings. The zero-order chi connectivity index (χ0) is 8.65. The molecule has 0 saturated carbocycles. The third kappa shape index (κ3) is 3.23. The van der Waals surface area contributed by atoms with E-state index in [4.69, 9.17) is 0 Å². The first-order chi connectivity index (χ1) is 5.93. The summed E-state index contributed by atoms with van der Waals surface area (Å²) in [6.07, 6.45) is 6.26. The molecule has 0 spiro atoms. The van der Waals surface area contributed by atoms with Crippen LogP contribution in [-0.4, -0.2) is 26.5 Å². The summed E-state index contributed by atoms with van der Waals surface area (Å²) in [5.41, 5.74) is 0. The number of hydrogen-bond acceptors (Lipinski definition) is 4. The molecule has 0 bridgehead atoms. The lowest BCUT2D eigenvalue weighted by Gasteiger charge is -1.97. The zero-order valence-corrected chi connectivity index (χ0v) is 6.89. The second-order valence-corrected chi connectivity index (χ2v) is 2.59. The van der Waals surface area contributed by atoms with Gasteiger partial charge in [-0.05, 0) is 23.3 Å². The van der Waals surface area contributed by atoms with Crippen LogP contribution in [-0.2, 0) is 11.3 Å². The van der Waals surface area contributed by atoms with Gasteiger partial charge in [0.2, 0.25) is 0 Å². The Kier molecular flexibility index (Phi) is 3.97. The van der Waals surface area contributed by atoms with Crippen molar-refractivity contribution in [3.63, 3.8) is 0 Å². The van der Waals surface area contributed by atoms with Gasteiger partial charge in [-0.3, -0.25) is 0 Å². The second kappa shape index (κ2) is 5.40. The van der Waals surface area contributed by atoms with Gasteiger partial charge in [-0.2, -0.15) is 0 Å². The van der Waals surface area contributed by atoms with Crippen LogP contribution < -0.4 is 0 Å². The Bertz CT molecular complexity index is 209. The molecule has 0 saturated heterocycles. The molecule has 5 nitrogen and oxygen atoms in total. The predicted octanol–water partition coefficient (Wildman–Crippen LogP) is 0.432. The predicted molar refractivity (Wildman–Crippen MR) is 42.3 cm³/mol. The lowest BCUT2D eigenvalue weighted by Crippen LogP contribution is -1.98. The molecule has 0 aliphatic heterocycles. The Morgan fingerprint density at radius 2 is 2.25 bits per heavy atom. The summed E-state index contributed by atoms with van der Waals surface area (Å²) >= 11 is 0. The highest BCUT2D eigenvalue weighted by molar-refractivity contribution is 5.48. The fourth-order valence-corrected chi connectivity index (χ4v) is 0.961. The summed E-state index contributed by atoms with van der Waals surface area (Å²) in [4.78, 5) is 9.96. The average Bonchev–Trinajstić information content (AvgIpc) is 2.57. The molecule has 66 valence electrons. The molecule has 0 N–H and O–H groups in total. The van der Waals surface area contributed by atoms with Crippen molar-refractivity contribution in [3.8, 4) is 0 Å². The van der Waals surface area contributed by atoms with Crippen molar-refractivity contribution in [2.45, 2.75) is 32.2 Å². The van der Waals surface area contributed by atoms with Crippen molar-refractivity contribution in [2.75, 3.05) is 0 Å². The lowest BCUT2D eigenvalue weighted by atomic mass is 10.2. The number of nitrogens with zero attached hydrogens (tertiary/aromatic N) is 4. The molecule has 0 amide bonds. The molecule has 1 rings (SSSR count). The van der Waals surface area contributed by atoms with Gasteiger partial charge >= 0.3 is 0 Å². The topological polar surface area (TPSA) is 60.7 Å². The lowest BCUT2D eigenvalue weighted by molar-refractivity contribution is -0.107. The van der Waals surface area contributed by atoms with E-state index in [-0.39, 0.29) is 0 Å². The van der Waals surface area contributed by atoms with Crippen LogP contribution in [0.5, 0.6) is 0 Å². The van der Waals surface area contributed by atoms with Gasteiger partial charge in [-0.1, -0.05) is 6.42 Å². The molecule has 0 aliphatic carbocycles. The summed E-state index contributed by atoms with van der Waals surface area (Å²) in [6.45, 7) is 0.839. The third-order valence-corrected chi connectivity index (χ3v) is 1.60. The van der Waals surface area contributed by atoms with Crippen LogP contribution in [0.3, 0.4) is 0 Å². The Balaban J connectivity index is 2.00. The standard InChI is InChI=1S/C7H12N4O/c12-6-4-2-1-3-5-11-7-8-9-10-11/h6-7H,1-5H2. The van der Waals surface area contributed by atoms with Gasteiger partial charge in [0.1, 0.15) is 12.6 Å². The van der Waals surface area contributed by atoms with Crippen LogP contribution in [0.2, 0.25) is 0 Å². The van der Waals surface area contributed by atoms with E-state index < -0.39 is 0 Å². The van der Waals surface area contributed by atoms with Crippen LogP contribution in [0.25, 0.3) is 0 Å². The highest BCUT2D eigenvalue weighted by Crippen LogP contribution is 1.98. The highest BCUT2D eigenvalue weighted by atomic mass is 16.1. The maximum Gasteiger partial charge on any atom is 0.138 e. The van der Waals surface area contributed by atoms with Crippen molar-refractivity contribution < 1.29 is 4.79 Å². The largest absolute Gasteiger partial charge is 0.303 e. The van der Waals surface area contributed by atoms with Crippen LogP contribution in [0.1, 0.15) is 25.7 Å². The maximum absolute atomic E-state index is 9.96. The van der Waals surface area contributed by atoms with Crippen molar-refractivity contribution in [1.82, 2.24) is 20.2 Å². The van der Waals surface area contributed by atoms with Crippen LogP contribution in [0, 0.1) is 0 Å². The summed E-state index contributed by atoms with van der Waals surface area (Å²) in [7, 11) is 0. The molecule has 5 heteroatoms. The van der Waals surface area contributed by atoms with Gasteiger partial charge in [-0.15, -0.1) is 5.10 Å². The van der Waals surface area contributed by atoms with E-state index in [9.17, 15) is 4.79 Å². The van der Waals surface area contributed by atoms with Crippen molar-refractivity contribution in [1.29, 1.82) is 0 Å². The molecule has 0 aliphatic rings. The van der Waals surface area contributed by atoms with E-state index in [1.165, 1.54) is 0 Å². The summed E-state index contributed by atoms with van der Waals surface area (Å²) < 4.78 is 1.70. The molecule has 1 heterocycles. The smallest absolute Gasteiger partial charge is 0.138 e. The van der Waals surface area contributed by atoms with E-state index in [1.807, 2.05) is 0 Å². The van der Waals surface area contributed by atoms with Crippen molar-refractivity contribution in [2.24, 2.45) is 0 Å². The van der Waals surface area contributed by atoms with Gasteiger partial charge in [0.25, 0.3) is 0 Å². The number of hydrogen-bond donors (Lipinski definition) is 0. The van der Waals surface area contributed by atoms with E-state index in [0.717, 1.165) is 32.1 Å². The minimum absolute atomic E-state index is 0.662. The number of aromatic nitrogens is 4. The van der Waals surface area contributed by atoms with Gasteiger partial charge in [0.15, 0.2) is 0 Å². The van der Waals surface area contributed by atoms with Gasteiger partial charge in [0.05, 0.1) is 0 Å². The van der Waals surface area contributed by atoms with Crippen LogP contribution in [0.4, 0.5) is 0 Å². The zero-order valence-electron chi connectivity index (χ0n) is 6.89. The number of rotatable bonds is 6. The number of carbonyl (C=O) groups excluding carboxylic acids is 1. The first-order valence-corrected chi connectivity index (χ1v) is 4.08. The molecule has 0 radical (unpaired) electrons. The van der Waals surface area contributed by atoms with Gasteiger partial charge < -0.3 is 4.79 Å². The fourth-order valence-electron chi connectivity index (χ4n) is 0.961. The molecule has 12 heavy (non-hydrogen) atoms. The van der Waals surface area contributed by atoms with Crippen molar-refractivity contribution in [3.05, 3.63) is 6.33 Å². The van der Waals surface area contributed by atoms with E-state index in [1.54, 1.807) is 11.0 Å². The second-order valence-electron chi connectivity index (χ2n) is 2.59. The fraction of sp³-hybridized carbons (Fsp3) is 0.714. The number of carbonyl (C=O) groups is 1. The van der Waals surface area contributed by atoms with E-state index in [2.05, 4.69) is 15.5 Å².